The number of hydrogen-bond donors (Lipinski definition) is 3. The molecule has 0 radical (unpaired) electrons. The van der Waals surface area contributed by atoms with Crippen LogP contribution in [0.5, 0.6) is 0 Å². The van der Waals surface area contributed by atoms with Gasteiger partial charge in [-0.2, -0.15) is 0 Å². The van der Waals surface area contributed by atoms with E-state index in [0.29, 0.717) is 12.8 Å². The van der Waals surface area contributed by atoms with Crippen LogP contribution in [0.3, 0.4) is 0 Å². The summed E-state index contributed by atoms with van der Waals surface area (Å²) in [5, 5.41) is 15.3. The van der Waals surface area contributed by atoms with Crippen LogP contribution in [0.25, 0.3) is 11.1 Å². The second-order valence-electron chi connectivity index (χ2n) is 10.5. The summed E-state index contributed by atoms with van der Waals surface area (Å²) in [7, 11) is 0. The molecule has 7 heteroatoms. The highest BCUT2D eigenvalue weighted by Gasteiger charge is 2.47. The van der Waals surface area contributed by atoms with Crippen molar-refractivity contribution in [2.75, 3.05) is 13.2 Å². The minimum absolute atomic E-state index is 0.0293. The molecule has 2 fully saturated rings. The van der Waals surface area contributed by atoms with Crippen LogP contribution in [0.15, 0.2) is 48.5 Å². The van der Waals surface area contributed by atoms with E-state index in [9.17, 15) is 19.5 Å². The van der Waals surface area contributed by atoms with Gasteiger partial charge in [-0.1, -0.05) is 55.0 Å². The van der Waals surface area contributed by atoms with Gasteiger partial charge in [0, 0.05) is 18.9 Å². The van der Waals surface area contributed by atoms with Gasteiger partial charge in [-0.05, 0) is 60.8 Å². The Morgan fingerprint density at radius 3 is 2.14 bits per heavy atom. The molecule has 0 bridgehead atoms. The van der Waals surface area contributed by atoms with E-state index in [0.717, 1.165) is 30.4 Å². The monoisotopic (exact) mass is 476 g/mol. The Kier molecular flexibility index (Phi) is 6.03. The van der Waals surface area contributed by atoms with Crippen LogP contribution in [-0.2, 0) is 14.3 Å². The van der Waals surface area contributed by atoms with E-state index in [1.807, 2.05) is 31.2 Å². The Morgan fingerprint density at radius 1 is 1.03 bits per heavy atom. The maximum Gasteiger partial charge on any atom is 0.407 e. The number of fused-ring (bicyclic) bond motifs is 3. The maximum absolute atomic E-state index is 12.9. The average molecular weight is 477 g/mol. The van der Waals surface area contributed by atoms with Gasteiger partial charge in [0.25, 0.3) is 0 Å². The van der Waals surface area contributed by atoms with Gasteiger partial charge in [0.2, 0.25) is 5.91 Å². The van der Waals surface area contributed by atoms with Crippen molar-refractivity contribution in [2.24, 2.45) is 11.3 Å². The van der Waals surface area contributed by atoms with Crippen molar-refractivity contribution in [3.63, 3.8) is 0 Å². The number of carboxylic acid groups (broad SMARTS) is 1. The molecule has 7 nitrogen and oxygen atoms in total. The summed E-state index contributed by atoms with van der Waals surface area (Å²) >= 11 is 0. The van der Waals surface area contributed by atoms with Crippen molar-refractivity contribution in [3.8, 4) is 11.1 Å². The van der Waals surface area contributed by atoms with E-state index in [-0.39, 0.29) is 37.3 Å². The molecule has 3 aliphatic carbocycles. The highest BCUT2D eigenvalue weighted by atomic mass is 16.5. The van der Waals surface area contributed by atoms with Crippen LogP contribution < -0.4 is 10.6 Å². The Balaban J connectivity index is 1.20. The first-order valence-corrected chi connectivity index (χ1v) is 12.4. The molecule has 1 unspecified atom stereocenters. The predicted octanol–water partition coefficient (Wildman–Crippen LogP) is 4.46. The summed E-state index contributed by atoms with van der Waals surface area (Å²) in [5.74, 6) is -0.930. The zero-order chi connectivity index (χ0) is 24.6. The number of alkyl carbamates (subject to hydrolysis) is 1. The van der Waals surface area contributed by atoms with Gasteiger partial charge in [0.05, 0.1) is 11.0 Å². The first-order chi connectivity index (χ1) is 16.8. The highest BCUT2D eigenvalue weighted by Crippen LogP contribution is 2.45. The minimum Gasteiger partial charge on any atom is -0.481 e. The fourth-order valence-corrected chi connectivity index (χ4v) is 5.61. The number of benzene rings is 2. The molecule has 0 aliphatic heterocycles. The molecular formula is C28H32N2O5. The van der Waals surface area contributed by atoms with Gasteiger partial charge in [-0.3, -0.25) is 9.59 Å². The number of amides is 2. The van der Waals surface area contributed by atoms with Gasteiger partial charge in [0.15, 0.2) is 0 Å². The molecule has 2 saturated carbocycles. The Labute approximate surface area is 205 Å². The fraction of sp³-hybridized carbons (Fsp3) is 0.464. The highest BCUT2D eigenvalue weighted by molar-refractivity contribution is 5.81. The van der Waals surface area contributed by atoms with Gasteiger partial charge >= 0.3 is 12.1 Å². The average Bonchev–Trinajstić information content (AvgIpc) is 3.61. The fourth-order valence-electron chi connectivity index (χ4n) is 5.61. The van der Waals surface area contributed by atoms with E-state index >= 15 is 0 Å². The summed E-state index contributed by atoms with van der Waals surface area (Å²) in [6.07, 6.45) is 3.47. The van der Waals surface area contributed by atoms with Gasteiger partial charge in [-0.25, -0.2) is 4.79 Å². The Hall–Kier alpha value is -3.35. The molecule has 0 heterocycles. The Bertz CT molecular complexity index is 1110. The molecule has 2 aromatic carbocycles. The first kappa shape index (κ1) is 23.4. The second-order valence-corrected chi connectivity index (χ2v) is 10.5. The van der Waals surface area contributed by atoms with E-state index in [1.54, 1.807) is 0 Å². The van der Waals surface area contributed by atoms with Crippen LogP contribution in [0.4, 0.5) is 4.79 Å². The number of carboxylic acids is 1. The molecule has 2 amide bonds. The molecule has 3 aliphatic rings. The number of carbonyl (C=O) groups excluding carboxylic acids is 2. The van der Waals surface area contributed by atoms with E-state index in [1.165, 1.54) is 11.1 Å². The van der Waals surface area contributed by atoms with E-state index in [4.69, 9.17) is 4.74 Å². The van der Waals surface area contributed by atoms with Crippen molar-refractivity contribution >= 4 is 18.0 Å². The van der Waals surface area contributed by atoms with E-state index < -0.39 is 23.0 Å². The smallest absolute Gasteiger partial charge is 0.407 e. The zero-order valence-corrected chi connectivity index (χ0v) is 20.0. The van der Waals surface area contributed by atoms with Crippen LogP contribution in [0, 0.1) is 11.3 Å². The van der Waals surface area contributed by atoms with Crippen molar-refractivity contribution in [1.29, 1.82) is 0 Å². The molecule has 0 saturated heterocycles. The number of aliphatic carboxylic acids is 1. The molecular weight excluding hydrogens is 444 g/mol. The summed E-state index contributed by atoms with van der Waals surface area (Å²) < 4.78 is 5.71. The number of rotatable bonds is 9. The Morgan fingerprint density at radius 2 is 1.63 bits per heavy atom. The van der Waals surface area contributed by atoms with Gasteiger partial charge < -0.3 is 20.5 Å². The number of hydrogen-bond acceptors (Lipinski definition) is 4. The molecule has 2 aromatic rings. The number of ether oxygens (including phenoxy) is 1. The van der Waals surface area contributed by atoms with E-state index in [2.05, 4.69) is 34.9 Å². The molecule has 3 N–H and O–H groups in total. The third-order valence-corrected chi connectivity index (χ3v) is 8.13. The van der Waals surface area contributed by atoms with Crippen molar-refractivity contribution in [1.82, 2.24) is 10.6 Å². The molecule has 184 valence electrons. The van der Waals surface area contributed by atoms with Crippen LogP contribution in [0.1, 0.15) is 62.5 Å². The van der Waals surface area contributed by atoms with Crippen molar-refractivity contribution in [2.45, 2.75) is 56.9 Å². The van der Waals surface area contributed by atoms with Crippen LogP contribution >= 0.6 is 0 Å². The van der Waals surface area contributed by atoms with Crippen LogP contribution in [0.2, 0.25) is 0 Å². The molecule has 5 rings (SSSR count). The topological polar surface area (TPSA) is 105 Å². The van der Waals surface area contributed by atoms with Gasteiger partial charge in [-0.15, -0.1) is 0 Å². The predicted molar refractivity (Wildman–Crippen MR) is 131 cm³/mol. The lowest BCUT2D eigenvalue weighted by molar-refractivity contribution is -0.154. The first-order valence-electron chi connectivity index (χ1n) is 12.4. The largest absolute Gasteiger partial charge is 0.481 e. The lowest BCUT2D eigenvalue weighted by atomic mass is 9.69. The number of nitrogens with one attached hydrogen (secondary N) is 2. The van der Waals surface area contributed by atoms with Crippen LogP contribution in [-0.4, -0.2) is 41.8 Å². The quantitative estimate of drug-likeness (QED) is 0.496. The summed E-state index contributed by atoms with van der Waals surface area (Å²) in [5.41, 5.74) is 3.06. The normalized spacial score (nSPS) is 19.5. The summed E-state index contributed by atoms with van der Waals surface area (Å²) in [4.78, 5) is 37.2. The number of carbonyl (C=O) groups is 3. The zero-order valence-electron chi connectivity index (χ0n) is 20.0. The standard InChI is InChI=1S/C28H32N2O5/c1-27(18-11-12-18,15-24(31)29-17-28(25(32)33)13-6-14-28)30-26(34)35-16-23-21-9-4-2-7-19(21)20-8-3-5-10-22(20)23/h2-5,7-10,18,23H,6,11-17H2,1H3,(H,29,31)(H,30,34)(H,32,33). The minimum atomic E-state index is -0.856. The SMILES string of the molecule is CC(CC(=O)NCC1(C(=O)O)CCC1)(NC(=O)OCC1c2ccccc2-c2ccccc21)C1CC1. The summed E-state index contributed by atoms with van der Waals surface area (Å²) in [6.45, 7) is 2.22. The van der Waals surface area contributed by atoms with Crippen molar-refractivity contribution in [3.05, 3.63) is 59.7 Å². The third-order valence-electron chi connectivity index (χ3n) is 8.13. The van der Waals surface area contributed by atoms with Crippen molar-refractivity contribution < 1.29 is 24.2 Å². The lowest BCUT2D eigenvalue weighted by Crippen LogP contribution is -2.53. The van der Waals surface area contributed by atoms with Gasteiger partial charge in [0.1, 0.15) is 6.61 Å². The molecule has 0 aromatic heterocycles. The molecule has 1 atom stereocenters. The lowest BCUT2D eigenvalue weighted by Gasteiger charge is -2.38. The summed E-state index contributed by atoms with van der Waals surface area (Å²) in [6, 6.07) is 16.4. The maximum atomic E-state index is 12.9. The molecule has 0 spiro atoms. The third kappa shape index (κ3) is 4.51. The molecule has 35 heavy (non-hydrogen) atoms. The second kappa shape index (κ2) is 9.02.